The second-order valence-corrected chi connectivity index (χ2v) is 5.00. The van der Waals surface area contributed by atoms with Gasteiger partial charge in [-0.15, -0.1) is 0 Å². The Hall–Kier alpha value is -1.99. The lowest BCUT2D eigenvalue weighted by Gasteiger charge is -2.29. The molecule has 2 rings (SSSR count). The van der Waals surface area contributed by atoms with Crippen molar-refractivity contribution in [1.82, 2.24) is 4.90 Å². The predicted molar refractivity (Wildman–Crippen MR) is 74.2 cm³/mol. The van der Waals surface area contributed by atoms with Crippen LogP contribution < -0.4 is 0 Å². The molecule has 1 atom stereocenters. The van der Waals surface area contributed by atoms with Crippen LogP contribution in [0.15, 0.2) is 30.3 Å². The normalized spacial score (nSPS) is 12.7. The zero-order valence-electron chi connectivity index (χ0n) is 12.2. The van der Waals surface area contributed by atoms with Crippen molar-refractivity contribution in [2.24, 2.45) is 0 Å². The van der Waals surface area contributed by atoms with E-state index in [0.717, 1.165) is 0 Å². The van der Waals surface area contributed by atoms with Crippen molar-refractivity contribution in [1.29, 1.82) is 0 Å². The van der Waals surface area contributed by atoms with Gasteiger partial charge in [0, 0.05) is 6.54 Å². The number of hydrogen-bond acceptors (Lipinski definition) is 2. The highest BCUT2D eigenvalue weighted by Gasteiger charge is 2.33. The minimum atomic E-state index is -2.19. The first-order valence-electron chi connectivity index (χ1n) is 6.77. The summed E-state index contributed by atoms with van der Waals surface area (Å²) < 4.78 is 68.5. The van der Waals surface area contributed by atoms with Crippen LogP contribution in [-0.2, 0) is 0 Å². The van der Waals surface area contributed by atoms with E-state index in [-0.39, 0.29) is 13.2 Å². The highest BCUT2D eigenvalue weighted by Crippen LogP contribution is 2.34. The minimum Gasteiger partial charge on any atom is -0.395 e. The Morgan fingerprint density at radius 2 is 1.35 bits per heavy atom. The Kier molecular flexibility index (Phi) is 5.33. The van der Waals surface area contributed by atoms with Crippen molar-refractivity contribution in [2.75, 3.05) is 20.2 Å². The van der Waals surface area contributed by atoms with Crippen LogP contribution in [0.2, 0.25) is 0 Å². The van der Waals surface area contributed by atoms with Crippen molar-refractivity contribution in [3.8, 4) is 0 Å². The van der Waals surface area contributed by atoms with Gasteiger partial charge in [-0.1, -0.05) is 30.3 Å². The molecular formula is C16H14F5NO. The van der Waals surface area contributed by atoms with Crippen LogP contribution in [0.1, 0.15) is 17.2 Å². The number of nitrogens with zero attached hydrogens (tertiary/aromatic N) is 1. The number of aliphatic hydroxyl groups is 1. The number of rotatable bonds is 5. The predicted octanol–water partition coefficient (Wildman–Crippen LogP) is 3.40. The number of hydrogen-bond donors (Lipinski definition) is 1. The molecule has 2 aromatic carbocycles. The molecule has 0 aliphatic carbocycles. The largest absolute Gasteiger partial charge is 0.395 e. The Morgan fingerprint density at radius 3 is 1.83 bits per heavy atom. The van der Waals surface area contributed by atoms with Gasteiger partial charge in [0.25, 0.3) is 0 Å². The zero-order chi connectivity index (χ0) is 17.1. The van der Waals surface area contributed by atoms with E-state index in [1.165, 1.54) is 24.1 Å². The van der Waals surface area contributed by atoms with Crippen LogP contribution in [0.3, 0.4) is 0 Å². The van der Waals surface area contributed by atoms with Gasteiger partial charge in [0.05, 0.1) is 18.2 Å². The molecular weight excluding hydrogens is 317 g/mol. The molecule has 0 bridgehead atoms. The van der Waals surface area contributed by atoms with E-state index in [1.807, 2.05) is 0 Å². The van der Waals surface area contributed by atoms with Crippen molar-refractivity contribution in [3.63, 3.8) is 0 Å². The van der Waals surface area contributed by atoms with Gasteiger partial charge < -0.3 is 5.11 Å². The quantitative estimate of drug-likeness (QED) is 0.516. The third-order valence-electron chi connectivity index (χ3n) is 3.53. The maximum Gasteiger partial charge on any atom is 0.200 e. The fraction of sp³-hybridized carbons (Fsp3) is 0.250. The highest BCUT2D eigenvalue weighted by molar-refractivity contribution is 5.35. The van der Waals surface area contributed by atoms with Gasteiger partial charge in [0.1, 0.15) is 0 Å². The first-order valence-corrected chi connectivity index (χ1v) is 6.77. The van der Waals surface area contributed by atoms with Crippen LogP contribution in [-0.4, -0.2) is 30.2 Å². The molecule has 0 aromatic heterocycles. The van der Waals surface area contributed by atoms with Crippen LogP contribution in [0.25, 0.3) is 0 Å². The van der Waals surface area contributed by atoms with E-state index in [9.17, 15) is 22.0 Å². The topological polar surface area (TPSA) is 23.5 Å². The van der Waals surface area contributed by atoms with E-state index in [2.05, 4.69) is 0 Å². The molecule has 0 unspecified atom stereocenters. The van der Waals surface area contributed by atoms with Crippen LogP contribution in [0, 0.1) is 29.1 Å². The summed E-state index contributed by atoms with van der Waals surface area (Å²) in [6.07, 6.45) is 0. The SMILES string of the molecule is CN(CCO)[C@H](c1ccccc1)c1c(F)c(F)c(F)c(F)c1F. The Bertz CT molecular complexity index is 664. The first kappa shape index (κ1) is 17.4. The monoisotopic (exact) mass is 331 g/mol. The molecule has 0 aliphatic rings. The third kappa shape index (κ3) is 3.20. The smallest absolute Gasteiger partial charge is 0.200 e. The van der Waals surface area contributed by atoms with E-state index in [1.54, 1.807) is 18.2 Å². The van der Waals surface area contributed by atoms with Crippen molar-refractivity contribution < 1.29 is 27.1 Å². The zero-order valence-corrected chi connectivity index (χ0v) is 12.2. The van der Waals surface area contributed by atoms with Crippen LogP contribution in [0.4, 0.5) is 22.0 Å². The summed E-state index contributed by atoms with van der Waals surface area (Å²) in [6.45, 7) is -0.353. The van der Waals surface area contributed by atoms with Gasteiger partial charge in [-0.2, -0.15) is 0 Å². The van der Waals surface area contributed by atoms with Gasteiger partial charge in [-0.25, -0.2) is 22.0 Å². The van der Waals surface area contributed by atoms with Crippen LogP contribution >= 0.6 is 0 Å². The molecule has 0 heterocycles. The molecule has 0 aliphatic heterocycles. The van der Waals surface area contributed by atoms with Gasteiger partial charge in [0.15, 0.2) is 23.3 Å². The third-order valence-corrected chi connectivity index (χ3v) is 3.53. The second kappa shape index (κ2) is 7.06. The van der Waals surface area contributed by atoms with Crippen LogP contribution in [0.5, 0.6) is 0 Å². The maximum atomic E-state index is 14.1. The summed E-state index contributed by atoms with van der Waals surface area (Å²) in [5.41, 5.74) is -0.602. The highest BCUT2D eigenvalue weighted by atomic mass is 19.2. The molecule has 0 saturated heterocycles. The lowest BCUT2D eigenvalue weighted by Crippen LogP contribution is -2.30. The second-order valence-electron chi connectivity index (χ2n) is 5.00. The van der Waals surface area contributed by atoms with Crippen molar-refractivity contribution in [2.45, 2.75) is 6.04 Å². The van der Waals surface area contributed by atoms with Gasteiger partial charge in [0.2, 0.25) is 5.82 Å². The average molecular weight is 331 g/mol. The molecule has 0 saturated carbocycles. The molecule has 124 valence electrons. The fourth-order valence-corrected chi connectivity index (χ4v) is 2.43. The summed E-state index contributed by atoms with van der Waals surface area (Å²) in [5, 5.41) is 9.03. The number of likely N-dealkylation sites (N-methyl/N-ethyl adjacent to an activating group) is 1. The molecule has 23 heavy (non-hydrogen) atoms. The van der Waals surface area contributed by atoms with Gasteiger partial charge in [-0.3, -0.25) is 4.90 Å². The summed E-state index contributed by atoms with van der Waals surface area (Å²) in [5.74, 6) is -9.92. The fourth-order valence-electron chi connectivity index (χ4n) is 2.43. The standard InChI is InChI=1S/C16H14F5NO/c1-22(7-8-23)16(9-5-3-2-4-6-9)10-11(17)13(19)15(21)14(20)12(10)18/h2-6,16,23H,7-8H2,1H3/t16-/m1/s1. The number of benzene rings is 2. The summed E-state index contributed by atoms with van der Waals surface area (Å²) >= 11 is 0. The molecule has 0 spiro atoms. The maximum absolute atomic E-state index is 14.1. The molecule has 1 N–H and O–H groups in total. The Labute approximate surface area is 129 Å². The van der Waals surface area contributed by atoms with Crippen molar-refractivity contribution >= 4 is 0 Å². The lowest BCUT2D eigenvalue weighted by molar-refractivity contribution is 0.190. The van der Waals surface area contributed by atoms with E-state index in [4.69, 9.17) is 5.11 Å². The van der Waals surface area contributed by atoms with E-state index < -0.39 is 40.7 Å². The molecule has 7 heteroatoms. The van der Waals surface area contributed by atoms with Crippen molar-refractivity contribution in [3.05, 3.63) is 70.5 Å². The van der Waals surface area contributed by atoms with E-state index in [0.29, 0.717) is 5.56 Å². The summed E-state index contributed by atoms with van der Waals surface area (Å²) in [6, 6.07) is 6.62. The number of halogens is 5. The molecule has 2 aromatic rings. The average Bonchev–Trinajstić information content (AvgIpc) is 2.56. The number of aliphatic hydroxyl groups excluding tert-OH is 1. The lowest BCUT2D eigenvalue weighted by atomic mass is 9.95. The molecule has 0 radical (unpaired) electrons. The Morgan fingerprint density at radius 1 is 0.870 bits per heavy atom. The first-order chi connectivity index (χ1) is 10.9. The van der Waals surface area contributed by atoms with Gasteiger partial charge in [-0.05, 0) is 12.6 Å². The molecule has 2 nitrogen and oxygen atoms in total. The minimum absolute atomic E-state index is 0.0148. The molecule has 0 amide bonds. The van der Waals surface area contributed by atoms with E-state index >= 15 is 0 Å². The summed E-state index contributed by atoms with van der Waals surface area (Å²) in [7, 11) is 1.42. The Balaban J connectivity index is 2.70. The summed E-state index contributed by atoms with van der Waals surface area (Å²) in [4.78, 5) is 1.31. The molecule has 0 fully saturated rings. The van der Waals surface area contributed by atoms with Gasteiger partial charge >= 0.3 is 0 Å².